The van der Waals surface area contributed by atoms with E-state index in [4.69, 9.17) is 16.9 Å². The van der Waals surface area contributed by atoms with Gasteiger partial charge in [0.1, 0.15) is 17.5 Å². The molecule has 0 atom stereocenters. The average Bonchev–Trinajstić information content (AvgIpc) is 2.48. The number of carbonyl (C=O) groups excluding carboxylic acids is 1. The minimum atomic E-state index is -0.580. The molecule has 0 heterocycles. The molecule has 21 heavy (non-hydrogen) atoms. The fourth-order valence-electron chi connectivity index (χ4n) is 1.63. The van der Waals surface area contributed by atoms with Crippen LogP contribution in [0.5, 0.6) is 0 Å². The van der Waals surface area contributed by atoms with Crippen LogP contribution in [-0.2, 0) is 4.79 Å². The molecule has 0 saturated heterocycles. The van der Waals surface area contributed by atoms with Crippen molar-refractivity contribution in [3.8, 4) is 6.07 Å². The summed E-state index contributed by atoms with van der Waals surface area (Å²) in [5.74, 6) is -0.982. The van der Waals surface area contributed by atoms with E-state index >= 15 is 0 Å². The number of nitrogens with one attached hydrogen (secondary N) is 1. The van der Waals surface area contributed by atoms with Gasteiger partial charge in [-0.05, 0) is 42.0 Å². The normalized spacial score (nSPS) is 10.8. The van der Waals surface area contributed by atoms with E-state index in [-0.39, 0.29) is 5.57 Å². The molecule has 104 valence electrons. The lowest BCUT2D eigenvalue weighted by atomic mass is 10.1. The smallest absolute Gasteiger partial charge is 0.266 e. The van der Waals surface area contributed by atoms with Crippen LogP contribution in [0.1, 0.15) is 5.56 Å². The molecule has 0 aliphatic rings. The zero-order chi connectivity index (χ0) is 15.2. The maximum Gasteiger partial charge on any atom is 0.266 e. The van der Waals surface area contributed by atoms with Crippen LogP contribution in [0.2, 0.25) is 5.02 Å². The van der Waals surface area contributed by atoms with Gasteiger partial charge in [-0.1, -0.05) is 29.8 Å². The number of halogens is 2. The summed E-state index contributed by atoms with van der Waals surface area (Å²) < 4.78 is 12.8. The summed E-state index contributed by atoms with van der Waals surface area (Å²) >= 11 is 5.98. The van der Waals surface area contributed by atoms with Crippen LogP contribution in [0.3, 0.4) is 0 Å². The molecule has 2 aromatic rings. The molecule has 2 rings (SSSR count). The molecule has 0 aliphatic heterocycles. The van der Waals surface area contributed by atoms with Gasteiger partial charge in [0.2, 0.25) is 0 Å². The zero-order valence-electron chi connectivity index (χ0n) is 10.8. The second-order valence-corrected chi connectivity index (χ2v) is 4.56. The second-order valence-electron chi connectivity index (χ2n) is 4.15. The second kappa shape index (κ2) is 6.69. The number of rotatable bonds is 3. The first-order chi connectivity index (χ1) is 10.1. The largest absolute Gasteiger partial charge is 0.321 e. The first-order valence-electron chi connectivity index (χ1n) is 6.03. The SMILES string of the molecule is N#C/C(=C/c1ccccc1Cl)C(=O)Nc1ccc(F)cc1. The van der Waals surface area contributed by atoms with Crippen LogP contribution in [0.15, 0.2) is 54.1 Å². The van der Waals surface area contributed by atoms with Crippen molar-refractivity contribution in [2.75, 3.05) is 5.32 Å². The van der Waals surface area contributed by atoms with Crippen molar-refractivity contribution in [3.63, 3.8) is 0 Å². The van der Waals surface area contributed by atoms with Crippen LogP contribution >= 0.6 is 11.6 Å². The number of nitriles is 1. The van der Waals surface area contributed by atoms with Crippen LogP contribution in [0.25, 0.3) is 6.08 Å². The molecule has 0 fully saturated rings. The Kier molecular flexibility index (Phi) is 4.70. The monoisotopic (exact) mass is 300 g/mol. The Morgan fingerprint density at radius 1 is 1.19 bits per heavy atom. The maximum atomic E-state index is 12.8. The lowest BCUT2D eigenvalue weighted by molar-refractivity contribution is -0.112. The maximum absolute atomic E-state index is 12.8. The van der Waals surface area contributed by atoms with E-state index in [1.807, 2.05) is 6.07 Å². The van der Waals surface area contributed by atoms with E-state index in [1.54, 1.807) is 24.3 Å². The number of amides is 1. The molecular formula is C16H10ClFN2O. The Balaban J connectivity index is 2.22. The highest BCUT2D eigenvalue weighted by molar-refractivity contribution is 6.32. The molecule has 1 amide bonds. The predicted octanol–water partition coefficient (Wildman–Crippen LogP) is 4.02. The van der Waals surface area contributed by atoms with Gasteiger partial charge in [-0.15, -0.1) is 0 Å². The lowest BCUT2D eigenvalue weighted by Crippen LogP contribution is -2.13. The molecule has 0 bridgehead atoms. The lowest BCUT2D eigenvalue weighted by Gasteiger charge is -2.04. The van der Waals surface area contributed by atoms with Crippen molar-refractivity contribution >= 4 is 29.3 Å². The van der Waals surface area contributed by atoms with Crippen LogP contribution in [-0.4, -0.2) is 5.91 Å². The van der Waals surface area contributed by atoms with Gasteiger partial charge in [0.25, 0.3) is 5.91 Å². The molecule has 0 spiro atoms. The minimum Gasteiger partial charge on any atom is -0.321 e. The first-order valence-corrected chi connectivity index (χ1v) is 6.41. The highest BCUT2D eigenvalue weighted by Crippen LogP contribution is 2.19. The third-order valence-corrected chi connectivity index (χ3v) is 3.02. The van der Waals surface area contributed by atoms with Gasteiger partial charge in [-0.25, -0.2) is 4.39 Å². The quantitative estimate of drug-likeness (QED) is 0.687. The first kappa shape index (κ1) is 14.8. The van der Waals surface area contributed by atoms with E-state index in [1.165, 1.54) is 30.3 Å². The number of carbonyl (C=O) groups is 1. The molecule has 2 aromatic carbocycles. The molecule has 0 aromatic heterocycles. The number of nitrogens with zero attached hydrogens (tertiary/aromatic N) is 1. The molecule has 0 saturated carbocycles. The molecule has 1 N–H and O–H groups in total. The Labute approximate surface area is 126 Å². The van der Waals surface area contributed by atoms with Crippen molar-refractivity contribution in [2.45, 2.75) is 0 Å². The van der Waals surface area contributed by atoms with Gasteiger partial charge in [-0.2, -0.15) is 5.26 Å². The number of anilines is 1. The summed E-state index contributed by atoms with van der Waals surface area (Å²) in [5, 5.41) is 12.1. The fraction of sp³-hybridized carbons (Fsp3) is 0. The molecular weight excluding hydrogens is 291 g/mol. The van der Waals surface area contributed by atoms with Crippen molar-refractivity contribution in [1.82, 2.24) is 0 Å². The van der Waals surface area contributed by atoms with Gasteiger partial charge in [0.05, 0.1) is 0 Å². The van der Waals surface area contributed by atoms with E-state index < -0.39 is 11.7 Å². The topological polar surface area (TPSA) is 52.9 Å². The van der Waals surface area contributed by atoms with Crippen molar-refractivity contribution in [3.05, 3.63) is 70.5 Å². The molecule has 0 aliphatic carbocycles. The van der Waals surface area contributed by atoms with Gasteiger partial charge < -0.3 is 5.32 Å². The molecule has 0 radical (unpaired) electrons. The summed E-state index contributed by atoms with van der Waals surface area (Å²) in [6, 6.07) is 14.0. The summed E-state index contributed by atoms with van der Waals surface area (Å²) in [5.41, 5.74) is 0.888. The standard InChI is InChI=1S/C16H10ClFN2O/c17-15-4-2-1-3-11(15)9-12(10-19)16(21)20-14-7-5-13(18)6-8-14/h1-9H,(H,20,21)/b12-9-. The van der Waals surface area contributed by atoms with E-state index in [0.29, 0.717) is 16.3 Å². The van der Waals surface area contributed by atoms with E-state index in [9.17, 15) is 9.18 Å². The number of benzene rings is 2. The van der Waals surface area contributed by atoms with Crippen LogP contribution in [0, 0.1) is 17.1 Å². The van der Waals surface area contributed by atoms with Gasteiger partial charge in [0, 0.05) is 10.7 Å². The number of hydrogen-bond acceptors (Lipinski definition) is 2. The van der Waals surface area contributed by atoms with E-state index in [0.717, 1.165) is 0 Å². The van der Waals surface area contributed by atoms with Crippen molar-refractivity contribution in [1.29, 1.82) is 5.26 Å². The Morgan fingerprint density at radius 2 is 1.86 bits per heavy atom. The van der Waals surface area contributed by atoms with Gasteiger partial charge in [-0.3, -0.25) is 4.79 Å². The van der Waals surface area contributed by atoms with Crippen molar-refractivity contribution in [2.24, 2.45) is 0 Å². The molecule has 0 unspecified atom stereocenters. The third-order valence-electron chi connectivity index (χ3n) is 2.67. The van der Waals surface area contributed by atoms with E-state index in [2.05, 4.69) is 5.32 Å². The third kappa shape index (κ3) is 3.91. The number of hydrogen-bond donors (Lipinski definition) is 1. The summed E-state index contributed by atoms with van der Waals surface area (Å²) in [4.78, 5) is 12.0. The highest BCUT2D eigenvalue weighted by Gasteiger charge is 2.10. The fourth-order valence-corrected chi connectivity index (χ4v) is 1.82. The highest BCUT2D eigenvalue weighted by atomic mass is 35.5. The Morgan fingerprint density at radius 3 is 2.48 bits per heavy atom. The summed E-state index contributed by atoms with van der Waals surface area (Å²) in [7, 11) is 0. The molecule has 3 nitrogen and oxygen atoms in total. The van der Waals surface area contributed by atoms with Crippen molar-refractivity contribution < 1.29 is 9.18 Å². The summed E-state index contributed by atoms with van der Waals surface area (Å²) in [6.07, 6.45) is 1.40. The summed E-state index contributed by atoms with van der Waals surface area (Å²) in [6.45, 7) is 0. The predicted molar refractivity (Wildman–Crippen MR) is 80.1 cm³/mol. The van der Waals surface area contributed by atoms with Crippen LogP contribution in [0.4, 0.5) is 10.1 Å². The molecule has 5 heteroatoms. The van der Waals surface area contributed by atoms with Crippen LogP contribution < -0.4 is 5.32 Å². The Hall–Kier alpha value is -2.64. The van der Waals surface area contributed by atoms with Gasteiger partial charge in [0.15, 0.2) is 0 Å². The Bertz CT molecular complexity index is 733. The minimum absolute atomic E-state index is 0.0903. The zero-order valence-corrected chi connectivity index (χ0v) is 11.6. The average molecular weight is 301 g/mol. The van der Waals surface area contributed by atoms with Gasteiger partial charge >= 0.3 is 0 Å².